The Balaban J connectivity index is 1.17. The molecule has 23 heteroatoms. The topological polar surface area (TPSA) is 246 Å². The number of H-pyrrole nitrogens is 2. The third-order valence-electron chi connectivity index (χ3n) is 7.07. The summed E-state index contributed by atoms with van der Waals surface area (Å²) in [7, 11) is -2.84. The number of nitrogen functional groups attached to an aromatic ring is 1. The largest absolute Gasteiger partial charge is 0.697 e. The molecule has 0 spiro atoms. The number of alkyl halides is 1. The number of fused-ring (bicyclic) bond motifs is 5. The maximum Gasteiger partial charge on any atom is 0.697 e. The maximum absolute atomic E-state index is 15.7. The number of aromatic nitrogens is 8. The minimum Gasteiger partial charge on any atom is -0.369 e. The Morgan fingerprint density at radius 3 is 2.65 bits per heavy atom. The van der Waals surface area contributed by atoms with Crippen LogP contribution in [-0.2, 0) is 43.9 Å². The third kappa shape index (κ3) is 5.20. The molecular weight excluding hydrogens is 639 g/mol. The number of nitrogens with two attached hydrogens (primary N) is 1. The Labute approximate surface area is 243 Å². The highest BCUT2D eigenvalue weighted by Gasteiger charge is 2.52. The van der Waals surface area contributed by atoms with E-state index in [1.165, 1.54) is 21.8 Å². The van der Waals surface area contributed by atoms with Gasteiger partial charge in [0.1, 0.15) is 37.3 Å². The zero-order valence-corrected chi connectivity index (χ0v) is 24.1. The van der Waals surface area contributed by atoms with Gasteiger partial charge in [-0.3, -0.25) is 28.2 Å². The summed E-state index contributed by atoms with van der Waals surface area (Å²) in [5.41, 5.74) is 4.74. The van der Waals surface area contributed by atoms with E-state index >= 15 is 4.39 Å². The molecule has 7 heterocycles. The Kier molecular flexibility index (Phi) is 7.20. The molecule has 3 fully saturated rings. The molecule has 43 heavy (non-hydrogen) atoms. The second-order valence-electron chi connectivity index (χ2n) is 9.70. The van der Waals surface area contributed by atoms with Gasteiger partial charge in [-0.2, -0.15) is 4.98 Å². The van der Waals surface area contributed by atoms with Crippen molar-refractivity contribution in [1.82, 2.24) is 39.0 Å². The van der Waals surface area contributed by atoms with Crippen LogP contribution in [-0.4, -0.2) is 87.7 Å². The lowest BCUT2D eigenvalue weighted by molar-refractivity contribution is -0.0576. The lowest BCUT2D eigenvalue weighted by atomic mass is 10.1. The number of aromatic amines is 2. The highest BCUT2D eigenvalue weighted by Crippen LogP contribution is 2.52. The Morgan fingerprint density at radius 2 is 1.84 bits per heavy atom. The van der Waals surface area contributed by atoms with Crippen molar-refractivity contribution in [1.29, 1.82) is 0 Å². The monoisotopic (exact) mass is 660 g/mol. The van der Waals surface area contributed by atoms with Crippen LogP contribution in [0.2, 0.25) is 0 Å². The molecule has 3 unspecified atom stereocenters. The van der Waals surface area contributed by atoms with Gasteiger partial charge in [-0.1, -0.05) is 0 Å². The van der Waals surface area contributed by atoms with Gasteiger partial charge < -0.3 is 29.6 Å². The molecule has 0 aromatic carbocycles. The van der Waals surface area contributed by atoms with Crippen molar-refractivity contribution in [2.24, 2.45) is 0 Å². The number of nitrogens with one attached hydrogen (secondary N) is 2. The minimum absolute atomic E-state index is 0.0481. The third-order valence-corrected chi connectivity index (χ3v) is 9.43. The van der Waals surface area contributed by atoms with Crippen LogP contribution >= 0.6 is 15.0 Å². The van der Waals surface area contributed by atoms with Crippen LogP contribution in [0.15, 0.2) is 28.6 Å². The van der Waals surface area contributed by atoms with Crippen molar-refractivity contribution in [3.8, 4) is 0 Å². The molecule has 7 rings (SSSR count). The average Bonchev–Trinajstić information content (AvgIpc) is 3.72. The Hall–Kier alpha value is -3.10. The second-order valence-corrected chi connectivity index (χ2v) is 13.4. The number of anilines is 1. The van der Waals surface area contributed by atoms with E-state index in [0.717, 1.165) is 6.33 Å². The SMILES string of the molecule is Nc1nc2c(ncn2[C@@H]2O[C@@H]3CO[P+](=O)O[C@H]4C[C@H](n5cnc6c(=O)[nH]cnc65)OC4COP(O)(=S)O[C@@H]2[C@@H]3F)c(=O)[nH]1. The van der Waals surface area contributed by atoms with Gasteiger partial charge in [-0.05, 0) is 11.8 Å². The standard InChI is InChI=1S/C20H20FN9O10P2S/c21-11-9-2-35-41(33)39-7-1-10(29-5-25-12-15(29)23-4-24-17(12)31)37-8(7)3-36-42(34,43)40-14(11)19(38-9)30-6-26-13-16(30)27-20(22)28-18(13)32/h4-11,14,19H,1-3H2,(H4-,22,23,24,27,28,31,32,34,43)/p+1/t7-,8?,9+,10+,11+,14+,19+,42?/m0/s1. The van der Waals surface area contributed by atoms with E-state index in [1.807, 2.05) is 0 Å². The lowest BCUT2D eigenvalue weighted by Crippen LogP contribution is -2.32. The number of ether oxygens (including phenoxy) is 2. The van der Waals surface area contributed by atoms with Crippen LogP contribution in [0.5, 0.6) is 0 Å². The van der Waals surface area contributed by atoms with E-state index in [9.17, 15) is 19.0 Å². The zero-order chi connectivity index (χ0) is 30.0. The van der Waals surface area contributed by atoms with Crippen molar-refractivity contribution < 1.29 is 41.4 Å². The van der Waals surface area contributed by atoms with Crippen LogP contribution in [0.4, 0.5) is 10.3 Å². The molecule has 3 saturated heterocycles. The predicted molar refractivity (Wildman–Crippen MR) is 144 cm³/mol. The van der Waals surface area contributed by atoms with Crippen LogP contribution < -0.4 is 16.9 Å². The number of rotatable bonds is 2. The molecular formula is C20H21FN9O10P2S+. The van der Waals surface area contributed by atoms with Crippen LogP contribution in [0.25, 0.3) is 22.3 Å². The van der Waals surface area contributed by atoms with Gasteiger partial charge in [0.25, 0.3) is 11.1 Å². The average molecular weight is 660 g/mol. The summed E-state index contributed by atoms with van der Waals surface area (Å²) in [6.45, 7) is -5.17. The molecule has 4 aromatic rings. The molecule has 4 aromatic heterocycles. The summed E-state index contributed by atoms with van der Waals surface area (Å²) < 4.78 is 65.2. The van der Waals surface area contributed by atoms with E-state index in [0.29, 0.717) is 0 Å². The number of hydrogen-bond donors (Lipinski definition) is 4. The van der Waals surface area contributed by atoms with Gasteiger partial charge in [0, 0.05) is 11.0 Å². The fraction of sp³-hybridized carbons (Fsp3) is 0.500. The minimum atomic E-state index is -4.20. The quantitative estimate of drug-likeness (QED) is 0.207. The van der Waals surface area contributed by atoms with Gasteiger partial charge in [-0.25, -0.2) is 19.3 Å². The molecule has 0 amide bonds. The fourth-order valence-corrected chi connectivity index (χ4v) is 7.31. The van der Waals surface area contributed by atoms with Gasteiger partial charge in [0.15, 0.2) is 34.7 Å². The van der Waals surface area contributed by atoms with Crippen molar-refractivity contribution in [2.75, 3.05) is 18.9 Å². The fourth-order valence-electron chi connectivity index (χ4n) is 5.13. The van der Waals surface area contributed by atoms with Crippen molar-refractivity contribution in [3.63, 3.8) is 0 Å². The van der Waals surface area contributed by atoms with Crippen LogP contribution in [0.3, 0.4) is 0 Å². The normalized spacial score (nSPS) is 34.6. The van der Waals surface area contributed by atoms with E-state index in [4.69, 9.17) is 45.1 Å². The summed E-state index contributed by atoms with van der Waals surface area (Å²) >= 11 is 5.20. The second kappa shape index (κ2) is 10.8. The summed E-state index contributed by atoms with van der Waals surface area (Å²) in [5.74, 6) is -0.228. The summed E-state index contributed by atoms with van der Waals surface area (Å²) in [5, 5.41) is 0. The summed E-state index contributed by atoms with van der Waals surface area (Å²) in [4.78, 5) is 56.3. The molecule has 228 valence electrons. The molecule has 3 aliphatic heterocycles. The number of imidazole rings is 2. The molecule has 9 atom stereocenters. The first kappa shape index (κ1) is 28.7. The number of halogens is 1. The molecule has 2 bridgehead atoms. The van der Waals surface area contributed by atoms with Gasteiger partial charge in [0.05, 0.1) is 25.6 Å². The van der Waals surface area contributed by atoms with E-state index in [1.54, 1.807) is 0 Å². The summed E-state index contributed by atoms with van der Waals surface area (Å²) in [6, 6.07) is 0. The smallest absolute Gasteiger partial charge is 0.369 e. The molecule has 0 saturated carbocycles. The Morgan fingerprint density at radius 1 is 1.07 bits per heavy atom. The van der Waals surface area contributed by atoms with Crippen molar-refractivity contribution >= 4 is 55.1 Å². The highest BCUT2D eigenvalue weighted by atomic mass is 32.5. The van der Waals surface area contributed by atoms with Gasteiger partial charge in [-0.15, -0.1) is 9.05 Å². The van der Waals surface area contributed by atoms with Gasteiger partial charge in [0.2, 0.25) is 5.95 Å². The number of hydrogen-bond acceptors (Lipinski definition) is 15. The first-order chi connectivity index (χ1) is 20.6. The van der Waals surface area contributed by atoms with Crippen LogP contribution in [0.1, 0.15) is 18.9 Å². The van der Waals surface area contributed by atoms with E-state index in [-0.39, 0.29) is 34.7 Å². The molecule has 19 nitrogen and oxygen atoms in total. The first-order valence-electron chi connectivity index (χ1n) is 12.6. The molecule has 0 radical (unpaired) electrons. The van der Waals surface area contributed by atoms with E-state index < -0.39 is 82.3 Å². The highest BCUT2D eigenvalue weighted by molar-refractivity contribution is 8.07. The van der Waals surface area contributed by atoms with E-state index in [2.05, 4.69) is 29.9 Å². The Bertz CT molecular complexity index is 1900. The lowest BCUT2D eigenvalue weighted by Gasteiger charge is -2.26. The van der Waals surface area contributed by atoms with Crippen molar-refractivity contribution in [2.45, 2.75) is 49.5 Å². The predicted octanol–water partition coefficient (Wildman–Crippen LogP) is 0.0494. The molecule has 0 aliphatic carbocycles. The van der Waals surface area contributed by atoms with Crippen molar-refractivity contribution in [3.05, 3.63) is 39.7 Å². The van der Waals surface area contributed by atoms with Crippen LogP contribution in [0, 0.1) is 0 Å². The maximum atomic E-state index is 15.7. The first-order valence-corrected chi connectivity index (χ1v) is 16.3. The zero-order valence-electron chi connectivity index (χ0n) is 21.5. The molecule has 3 aliphatic rings. The van der Waals surface area contributed by atoms with Gasteiger partial charge >= 0.3 is 15.0 Å². The number of nitrogens with zero attached hydrogens (tertiary/aromatic N) is 6. The molecule has 5 N–H and O–H groups in total. The summed E-state index contributed by atoms with van der Waals surface area (Å²) in [6.07, 6.45) is -5.16.